The van der Waals surface area contributed by atoms with E-state index in [2.05, 4.69) is 0 Å². The van der Waals surface area contributed by atoms with E-state index in [1.54, 1.807) is 36.4 Å². The Morgan fingerprint density at radius 3 is 2.32 bits per heavy atom. The first-order valence-electron chi connectivity index (χ1n) is 10.1. The Hall–Kier alpha value is -2.64. The van der Waals surface area contributed by atoms with Crippen LogP contribution in [0.5, 0.6) is 11.5 Å². The third kappa shape index (κ3) is 5.36. The molecule has 0 bridgehead atoms. The van der Waals surface area contributed by atoms with E-state index in [1.165, 1.54) is 7.11 Å². The maximum atomic E-state index is 13.0. The molecule has 0 radical (unpaired) electrons. The fourth-order valence-corrected chi connectivity index (χ4v) is 4.95. The van der Waals surface area contributed by atoms with Gasteiger partial charge in [-0.2, -0.15) is 0 Å². The molecule has 4 rings (SSSR count). The zero-order valence-corrected chi connectivity index (χ0v) is 21.0. The molecule has 1 saturated heterocycles. The number of thioether (sulfide) groups is 1. The van der Waals surface area contributed by atoms with Crippen molar-refractivity contribution in [2.75, 3.05) is 7.11 Å². The van der Waals surface area contributed by atoms with Crippen LogP contribution in [0.2, 0.25) is 15.1 Å². The Bertz CT molecular complexity index is 1260. The van der Waals surface area contributed by atoms with Crippen LogP contribution >= 0.6 is 46.6 Å². The number of nitrogens with zero attached hydrogens (tertiary/aromatic N) is 1. The number of amides is 2. The van der Waals surface area contributed by atoms with Gasteiger partial charge in [0.25, 0.3) is 11.1 Å². The van der Waals surface area contributed by atoms with Gasteiger partial charge in [0.15, 0.2) is 11.5 Å². The topological polar surface area (TPSA) is 55.8 Å². The van der Waals surface area contributed by atoms with Crippen molar-refractivity contribution in [1.29, 1.82) is 0 Å². The average molecular weight is 535 g/mol. The lowest BCUT2D eigenvalue weighted by molar-refractivity contribution is -0.123. The smallest absolute Gasteiger partial charge is 0.293 e. The number of hydrogen-bond acceptors (Lipinski definition) is 5. The molecule has 0 aromatic heterocycles. The number of imide groups is 1. The van der Waals surface area contributed by atoms with Crippen molar-refractivity contribution in [1.82, 2.24) is 4.90 Å². The Morgan fingerprint density at radius 1 is 0.941 bits per heavy atom. The quantitative estimate of drug-likeness (QED) is 0.294. The number of rotatable bonds is 7. The first-order valence-corrected chi connectivity index (χ1v) is 12.0. The molecule has 2 amide bonds. The molecule has 0 aliphatic carbocycles. The van der Waals surface area contributed by atoms with Gasteiger partial charge in [0, 0.05) is 15.6 Å². The number of carbonyl (C=O) groups is 2. The van der Waals surface area contributed by atoms with Crippen LogP contribution in [0.4, 0.5) is 4.79 Å². The van der Waals surface area contributed by atoms with Gasteiger partial charge in [-0.3, -0.25) is 14.5 Å². The van der Waals surface area contributed by atoms with Crippen LogP contribution in [0.25, 0.3) is 6.08 Å². The van der Waals surface area contributed by atoms with Crippen molar-refractivity contribution < 1.29 is 19.1 Å². The molecule has 0 spiro atoms. The van der Waals surface area contributed by atoms with Gasteiger partial charge in [-0.05, 0) is 53.2 Å². The highest BCUT2D eigenvalue weighted by molar-refractivity contribution is 8.18. The highest BCUT2D eigenvalue weighted by atomic mass is 35.5. The second-order valence-corrected chi connectivity index (χ2v) is 9.49. The molecular formula is C25H18Cl3NO4S. The summed E-state index contributed by atoms with van der Waals surface area (Å²) >= 11 is 19.7. The Morgan fingerprint density at radius 2 is 1.65 bits per heavy atom. The summed E-state index contributed by atoms with van der Waals surface area (Å²) in [6.45, 7) is 0.302. The second kappa shape index (κ2) is 10.7. The van der Waals surface area contributed by atoms with Gasteiger partial charge < -0.3 is 9.47 Å². The lowest BCUT2D eigenvalue weighted by atomic mass is 10.1. The zero-order valence-electron chi connectivity index (χ0n) is 17.9. The minimum Gasteiger partial charge on any atom is -0.493 e. The second-order valence-electron chi connectivity index (χ2n) is 7.28. The maximum Gasteiger partial charge on any atom is 0.293 e. The van der Waals surface area contributed by atoms with Crippen molar-refractivity contribution in [3.63, 3.8) is 0 Å². The van der Waals surface area contributed by atoms with Gasteiger partial charge in [-0.25, -0.2) is 0 Å². The molecule has 34 heavy (non-hydrogen) atoms. The summed E-state index contributed by atoms with van der Waals surface area (Å²) in [5.74, 6) is 0.369. The van der Waals surface area contributed by atoms with E-state index in [0.717, 1.165) is 22.2 Å². The fourth-order valence-electron chi connectivity index (χ4n) is 3.32. The largest absolute Gasteiger partial charge is 0.493 e. The van der Waals surface area contributed by atoms with Gasteiger partial charge in [0.1, 0.15) is 6.61 Å². The first-order chi connectivity index (χ1) is 16.4. The van der Waals surface area contributed by atoms with E-state index >= 15 is 0 Å². The van der Waals surface area contributed by atoms with Crippen LogP contribution in [-0.2, 0) is 17.9 Å². The molecule has 9 heteroatoms. The van der Waals surface area contributed by atoms with Gasteiger partial charge in [0.2, 0.25) is 0 Å². The summed E-state index contributed by atoms with van der Waals surface area (Å²) in [6.07, 6.45) is 1.59. The molecule has 3 aromatic rings. The average Bonchev–Trinajstić information content (AvgIpc) is 3.08. The summed E-state index contributed by atoms with van der Waals surface area (Å²) in [5.41, 5.74) is 2.09. The van der Waals surface area contributed by atoms with Crippen LogP contribution in [-0.4, -0.2) is 23.2 Å². The van der Waals surface area contributed by atoms with Crippen molar-refractivity contribution in [3.05, 3.63) is 97.3 Å². The van der Waals surface area contributed by atoms with Crippen LogP contribution < -0.4 is 9.47 Å². The normalized spacial score (nSPS) is 14.7. The summed E-state index contributed by atoms with van der Waals surface area (Å²) in [4.78, 5) is 26.9. The Kier molecular flexibility index (Phi) is 7.73. The van der Waals surface area contributed by atoms with E-state index in [0.29, 0.717) is 44.3 Å². The van der Waals surface area contributed by atoms with E-state index in [9.17, 15) is 9.59 Å². The molecule has 0 N–H and O–H groups in total. The SMILES string of the molecule is COc1cc(/C=C2\SC(=O)N(Cc3c(Cl)cccc3Cl)C2=O)cc(Cl)c1OCc1ccccc1. The molecule has 1 aliphatic heterocycles. The predicted molar refractivity (Wildman–Crippen MR) is 137 cm³/mol. The number of benzene rings is 3. The van der Waals surface area contributed by atoms with Gasteiger partial charge >= 0.3 is 0 Å². The number of ether oxygens (including phenoxy) is 2. The van der Waals surface area contributed by atoms with Gasteiger partial charge in [-0.15, -0.1) is 0 Å². The molecule has 0 unspecified atom stereocenters. The third-order valence-electron chi connectivity index (χ3n) is 5.03. The fraction of sp³-hybridized carbons (Fsp3) is 0.120. The highest BCUT2D eigenvalue weighted by Gasteiger charge is 2.35. The predicted octanol–water partition coefficient (Wildman–Crippen LogP) is 7.47. The van der Waals surface area contributed by atoms with Crippen molar-refractivity contribution in [2.45, 2.75) is 13.2 Å². The van der Waals surface area contributed by atoms with E-state index in [1.807, 2.05) is 30.3 Å². The van der Waals surface area contributed by atoms with Crippen LogP contribution in [0.1, 0.15) is 16.7 Å². The van der Waals surface area contributed by atoms with Gasteiger partial charge in [-0.1, -0.05) is 71.2 Å². The molecule has 174 valence electrons. The minimum absolute atomic E-state index is 0.0170. The number of methoxy groups -OCH3 is 1. The number of hydrogen-bond donors (Lipinski definition) is 0. The van der Waals surface area contributed by atoms with E-state index < -0.39 is 11.1 Å². The summed E-state index contributed by atoms with van der Waals surface area (Å²) in [7, 11) is 1.51. The molecule has 1 heterocycles. The summed E-state index contributed by atoms with van der Waals surface area (Å²) < 4.78 is 11.3. The first kappa shape index (κ1) is 24.5. The monoisotopic (exact) mass is 533 g/mol. The third-order valence-corrected chi connectivity index (χ3v) is 6.92. The Balaban J connectivity index is 1.56. The van der Waals surface area contributed by atoms with Crippen LogP contribution in [0.15, 0.2) is 65.6 Å². The van der Waals surface area contributed by atoms with Crippen LogP contribution in [0.3, 0.4) is 0 Å². The van der Waals surface area contributed by atoms with E-state index in [-0.39, 0.29) is 11.4 Å². The molecule has 0 atom stereocenters. The zero-order chi connectivity index (χ0) is 24.2. The maximum absolute atomic E-state index is 13.0. The van der Waals surface area contributed by atoms with Gasteiger partial charge in [0.05, 0.1) is 23.6 Å². The molecule has 5 nitrogen and oxygen atoms in total. The molecular weight excluding hydrogens is 517 g/mol. The van der Waals surface area contributed by atoms with Crippen molar-refractivity contribution in [2.24, 2.45) is 0 Å². The van der Waals surface area contributed by atoms with E-state index in [4.69, 9.17) is 44.3 Å². The molecule has 1 aliphatic rings. The Labute approximate surface area is 216 Å². The lowest BCUT2D eigenvalue weighted by Gasteiger charge is -2.15. The van der Waals surface area contributed by atoms with Crippen LogP contribution in [0, 0.1) is 0 Å². The lowest BCUT2D eigenvalue weighted by Crippen LogP contribution is -2.27. The number of halogens is 3. The summed E-state index contributed by atoms with van der Waals surface area (Å²) in [5, 5.41) is 0.688. The molecule has 0 saturated carbocycles. The molecule has 1 fully saturated rings. The standard InChI is InChI=1S/C25H18Cl3NO4S/c1-32-21-11-16(10-20(28)23(21)33-14-15-6-3-2-4-7-15)12-22-24(30)29(25(31)34-22)13-17-18(26)8-5-9-19(17)27/h2-12H,13-14H2,1H3/b22-12-. The number of carbonyl (C=O) groups excluding carboxylic acids is 2. The summed E-state index contributed by atoms with van der Waals surface area (Å²) in [6, 6.07) is 18.0. The van der Waals surface area contributed by atoms with Crippen molar-refractivity contribution >= 4 is 63.8 Å². The highest BCUT2D eigenvalue weighted by Crippen LogP contribution is 2.40. The van der Waals surface area contributed by atoms with Crippen molar-refractivity contribution in [3.8, 4) is 11.5 Å². The minimum atomic E-state index is -0.439. The molecule has 3 aromatic carbocycles.